The zero-order chi connectivity index (χ0) is 19.3. The molecule has 1 aliphatic carbocycles. The number of nitrogens with zero attached hydrogens (tertiary/aromatic N) is 1. The van der Waals surface area contributed by atoms with Crippen LogP contribution in [0.15, 0.2) is 11.4 Å². The predicted molar refractivity (Wildman–Crippen MR) is 95.0 cm³/mol. The molecule has 1 fully saturated rings. The van der Waals surface area contributed by atoms with Gasteiger partial charge < -0.3 is 10.2 Å². The number of hydrogen-bond donors (Lipinski definition) is 1. The van der Waals surface area contributed by atoms with Crippen LogP contribution in [0.4, 0.5) is 13.2 Å². The van der Waals surface area contributed by atoms with Gasteiger partial charge in [0, 0.05) is 17.5 Å². The highest BCUT2D eigenvalue weighted by molar-refractivity contribution is 7.10. The first-order valence-electron chi connectivity index (χ1n) is 8.91. The van der Waals surface area contributed by atoms with Crippen LogP contribution in [0.2, 0.25) is 0 Å². The van der Waals surface area contributed by atoms with Gasteiger partial charge in [0.25, 0.3) is 5.91 Å². The summed E-state index contributed by atoms with van der Waals surface area (Å²) in [6, 6.07) is 1.73. The molecular weight excluding hydrogens is 365 g/mol. The Labute approximate surface area is 155 Å². The maximum Gasteiger partial charge on any atom is 0.471 e. The van der Waals surface area contributed by atoms with Gasteiger partial charge in [0.1, 0.15) is 0 Å². The molecule has 1 heterocycles. The van der Waals surface area contributed by atoms with Crippen molar-refractivity contribution in [3.63, 3.8) is 0 Å². The molecule has 0 bridgehead atoms. The van der Waals surface area contributed by atoms with Crippen molar-refractivity contribution in [2.24, 2.45) is 5.92 Å². The monoisotopic (exact) mass is 390 g/mol. The average molecular weight is 390 g/mol. The Morgan fingerprint density at radius 2 is 1.92 bits per heavy atom. The highest BCUT2D eigenvalue weighted by atomic mass is 32.1. The van der Waals surface area contributed by atoms with Gasteiger partial charge in [0.05, 0.1) is 12.1 Å². The van der Waals surface area contributed by atoms with E-state index in [-0.39, 0.29) is 31.0 Å². The Balaban J connectivity index is 2.11. The molecule has 0 saturated heterocycles. The van der Waals surface area contributed by atoms with Crippen molar-refractivity contribution in [1.29, 1.82) is 0 Å². The van der Waals surface area contributed by atoms with Gasteiger partial charge in [-0.3, -0.25) is 9.59 Å². The summed E-state index contributed by atoms with van der Waals surface area (Å²) >= 11 is 1.20. The number of rotatable bonds is 6. The van der Waals surface area contributed by atoms with Gasteiger partial charge in [-0.2, -0.15) is 13.2 Å². The van der Waals surface area contributed by atoms with Gasteiger partial charge >= 0.3 is 12.1 Å². The number of alkyl halides is 3. The standard InChI is InChI=1S/C18H25F3N2O2S/c1-12(2)10-23(17(25)18(19,20)21)11-15-14(8-9-26-15)16(24)22-13-6-4-3-5-7-13/h8-9,12-13H,3-7,10-11H2,1-2H3,(H,22,24). The van der Waals surface area contributed by atoms with Crippen molar-refractivity contribution in [1.82, 2.24) is 10.2 Å². The SMILES string of the molecule is CC(C)CN(Cc1sccc1C(=O)NC1CCCCC1)C(=O)C(F)(F)F. The zero-order valence-electron chi connectivity index (χ0n) is 15.1. The smallest absolute Gasteiger partial charge is 0.349 e. The molecule has 2 amide bonds. The third-order valence-electron chi connectivity index (χ3n) is 4.38. The van der Waals surface area contributed by atoms with Gasteiger partial charge in [0.2, 0.25) is 0 Å². The number of carbonyl (C=O) groups excluding carboxylic acids is 2. The molecule has 0 aromatic carbocycles. The average Bonchev–Trinajstić information content (AvgIpc) is 3.01. The summed E-state index contributed by atoms with van der Waals surface area (Å²) in [7, 11) is 0. The van der Waals surface area contributed by atoms with E-state index in [4.69, 9.17) is 0 Å². The van der Waals surface area contributed by atoms with Crippen LogP contribution in [0.3, 0.4) is 0 Å². The van der Waals surface area contributed by atoms with Crippen molar-refractivity contribution in [3.8, 4) is 0 Å². The van der Waals surface area contributed by atoms with E-state index in [2.05, 4.69) is 5.32 Å². The van der Waals surface area contributed by atoms with Gasteiger partial charge in [0.15, 0.2) is 0 Å². The van der Waals surface area contributed by atoms with Crippen molar-refractivity contribution >= 4 is 23.2 Å². The van der Waals surface area contributed by atoms with Crippen molar-refractivity contribution in [2.75, 3.05) is 6.54 Å². The fourth-order valence-electron chi connectivity index (χ4n) is 3.19. The first-order chi connectivity index (χ1) is 12.2. The second kappa shape index (κ2) is 8.88. The number of amides is 2. The fraction of sp³-hybridized carbons (Fsp3) is 0.667. The minimum Gasteiger partial charge on any atom is -0.349 e. The maximum absolute atomic E-state index is 12.9. The summed E-state index contributed by atoms with van der Waals surface area (Å²) in [6.45, 7) is 3.28. The van der Waals surface area contributed by atoms with Gasteiger partial charge in [-0.15, -0.1) is 11.3 Å². The number of hydrogen-bond acceptors (Lipinski definition) is 3. The zero-order valence-corrected chi connectivity index (χ0v) is 15.9. The Kier molecular flexibility index (Phi) is 7.08. The summed E-state index contributed by atoms with van der Waals surface area (Å²) in [4.78, 5) is 25.5. The summed E-state index contributed by atoms with van der Waals surface area (Å²) < 4.78 is 38.6. The van der Waals surface area contributed by atoms with Crippen LogP contribution in [0.5, 0.6) is 0 Å². The van der Waals surface area contributed by atoms with Crippen molar-refractivity contribution in [2.45, 2.75) is 64.7 Å². The second-order valence-electron chi connectivity index (χ2n) is 7.14. The first-order valence-corrected chi connectivity index (χ1v) is 9.79. The normalized spacial score (nSPS) is 15.9. The van der Waals surface area contributed by atoms with E-state index in [0.717, 1.165) is 30.6 Å². The van der Waals surface area contributed by atoms with E-state index in [1.807, 2.05) is 0 Å². The summed E-state index contributed by atoms with van der Waals surface area (Å²) in [5, 5.41) is 4.65. The largest absolute Gasteiger partial charge is 0.471 e. The number of nitrogens with one attached hydrogen (secondary N) is 1. The number of thiophene rings is 1. The molecule has 0 unspecified atom stereocenters. The fourth-order valence-corrected chi connectivity index (χ4v) is 4.07. The number of carbonyl (C=O) groups is 2. The Hall–Kier alpha value is -1.57. The van der Waals surface area contributed by atoms with E-state index < -0.39 is 12.1 Å². The minimum atomic E-state index is -4.92. The molecule has 1 saturated carbocycles. The van der Waals surface area contributed by atoms with Crippen LogP contribution in [0, 0.1) is 5.92 Å². The van der Waals surface area contributed by atoms with E-state index in [0.29, 0.717) is 10.4 Å². The van der Waals surface area contributed by atoms with Crippen molar-refractivity contribution < 1.29 is 22.8 Å². The molecule has 0 radical (unpaired) electrons. The Bertz CT molecular complexity index is 622. The lowest BCUT2D eigenvalue weighted by atomic mass is 9.95. The molecule has 1 aromatic heterocycles. The van der Waals surface area contributed by atoms with E-state index in [9.17, 15) is 22.8 Å². The quantitative estimate of drug-likeness (QED) is 0.785. The second-order valence-corrected chi connectivity index (χ2v) is 8.14. The van der Waals surface area contributed by atoms with Crippen LogP contribution in [-0.4, -0.2) is 35.5 Å². The summed E-state index contributed by atoms with van der Waals surface area (Å²) in [6.07, 6.45) is 0.248. The van der Waals surface area contributed by atoms with E-state index in [1.165, 1.54) is 17.8 Å². The molecule has 1 N–H and O–H groups in total. The third-order valence-corrected chi connectivity index (χ3v) is 5.29. The third kappa shape index (κ3) is 5.72. The molecule has 2 rings (SSSR count). The molecular formula is C18H25F3N2O2S. The van der Waals surface area contributed by atoms with Gasteiger partial charge in [-0.1, -0.05) is 33.1 Å². The lowest BCUT2D eigenvalue weighted by Gasteiger charge is -2.26. The highest BCUT2D eigenvalue weighted by Gasteiger charge is 2.42. The molecule has 146 valence electrons. The van der Waals surface area contributed by atoms with Crippen LogP contribution >= 0.6 is 11.3 Å². The lowest BCUT2D eigenvalue weighted by Crippen LogP contribution is -2.42. The molecule has 0 atom stereocenters. The van der Waals surface area contributed by atoms with Gasteiger partial charge in [-0.05, 0) is 30.2 Å². The molecule has 1 aromatic rings. The van der Waals surface area contributed by atoms with E-state index >= 15 is 0 Å². The van der Waals surface area contributed by atoms with Crippen LogP contribution < -0.4 is 5.32 Å². The van der Waals surface area contributed by atoms with Crippen molar-refractivity contribution in [3.05, 3.63) is 21.9 Å². The molecule has 0 spiro atoms. The van der Waals surface area contributed by atoms with Crippen LogP contribution in [0.1, 0.15) is 61.2 Å². The Morgan fingerprint density at radius 3 is 2.50 bits per heavy atom. The minimum absolute atomic E-state index is 0.0140. The topological polar surface area (TPSA) is 49.4 Å². The number of halogens is 3. The first kappa shape index (κ1) is 20.7. The van der Waals surface area contributed by atoms with Crippen LogP contribution in [-0.2, 0) is 11.3 Å². The molecule has 1 aliphatic rings. The molecule has 0 aliphatic heterocycles. The summed E-state index contributed by atoms with van der Waals surface area (Å²) in [5.74, 6) is -2.24. The van der Waals surface area contributed by atoms with Crippen LogP contribution in [0.25, 0.3) is 0 Å². The van der Waals surface area contributed by atoms with Gasteiger partial charge in [-0.25, -0.2) is 0 Å². The predicted octanol–water partition coefficient (Wildman–Crippen LogP) is 4.36. The Morgan fingerprint density at radius 1 is 1.27 bits per heavy atom. The highest BCUT2D eigenvalue weighted by Crippen LogP contribution is 2.25. The maximum atomic E-state index is 12.9. The lowest BCUT2D eigenvalue weighted by molar-refractivity contribution is -0.186. The molecule has 26 heavy (non-hydrogen) atoms. The van der Waals surface area contributed by atoms with E-state index in [1.54, 1.807) is 25.3 Å². The molecule has 8 heteroatoms. The molecule has 4 nitrogen and oxygen atoms in total. The summed E-state index contributed by atoms with van der Waals surface area (Å²) in [5.41, 5.74) is 0.365.